The number of ketones is 1. The fourth-order valence-corrected chi connectivity index (χ4v) is 4.93. The average Bonchev–Trinajstić information content (AvgIpc) is 3.38. The number of nitrogens with two attached hydrogens (primary N) is 2. The number of nitrogen functional groups attached to an aromatic ring is 1. The number of nitrogens with one attached hydrogen (secondary N) is 1. The Kier molecular flexibility index (Phi) is 8.88. The molecule has 0 spiro atoms. The van der Waals surface area contributed by atoms with E-state index in [1.54, 1.807) is 34.1 Å². The fourth-order valence-electron chi connectivity index (χ4n) is 4.93. The second-order valence-electron chi connectivity index (χ2n) is 10.4. The van der Waals surface area contributed by atoms with E-state index in [2.05, 4.69) is 19.2 Å². The molecule has 1 aromatic rings. The molecule has 3 rings (SSSR count). The molecule has 9 heteroatoms. The summed E-state index contributed by atoms with van der Waals surface area (Å²) in [7, 11) is 0. The van der Waals surface area contributed by atoms with Crippen molar-refractivity contribution in [3.05, 3.63) is 29.8 Å². The lowest BCUT2D eigenvalue weighted by atomic mass is 10.0. The van der Waals surface area contributed by atoms with Crippen molar-refractivity contribution >= 4 is 29.2 Å². The van der Waals surface area contributed by atoms with Crippen molar-refractivity contribution in [1.82, 2.24) is 15.1 Å². The highest BCUT2D eigenvalue weighted by molar-refractivity contribution is 5.98. The van der Waals surface area contributed by atoms with Crippen LogP contribution in [0.3, 0.4) is 0 Å². The molecule has 0 aromatic heterocycles. The number of amides is 3. The Morgan fingerprint density at radius 1 is 1.06 bits per heavy atom. The number of benzene rings is 1. The third-order valence-electron chi connectivity index (χ3n) is 7.02. The molecule has 5 N–H and O–H groups in total. The molecule has 0 bridgehead atoms. The first kappa shape index (κ1) is 26.7. The summed E-state index contributed by atoms with van der Waals surface area (Å²) < 4.78 is 0. The van der Waals surface area contributed by atoms with Gasteiger partial charge in [0.2, 0.25) is 11.8 Å². The van der Waals surface area contributed by atoms with Crippen molar-refractivity contribution in [2.75, 3.05) is 25.4 Å². The third kappa shape index (κ3) is 6.60. The Balaban J connectivity index is 1.47. The predicted molar refractivity (Wildman–Crippen MR) is 134 cm³/mol. The standard InChI is InChI=1S/C26H39N5O4/c1-16(2)4-9-20(28)26(35)31-15-22(32)24-21(31)11-13-30(24)23(33)14-17(3)10-12-29-25(34)18-5-7-19(27)8-6-18/h5-8,16-17,20-21,24H,4,9-15,27-28H2,1-3H3,(H,29,34). The molecule has 1 aromatic carbocycles. The molecule has 3 amide bonds. The number of nitrogens with zero attached hydrogens (tertiary/aromatic N) is 2. The third-order valence-corrected chi connectivity index (χ3v) is 7.02. The van der Waals surface area contributed by atoms with Gasteiger partial charge in [0.15, 0.2) is 5.78 Å². The SMILES string of the molecule is CC(C)CCC(N)C(=O)N1CC(=O)C2C1CCN2C(=O)CC(C)CCNC(=O)c1ccc(N)cc1. The van der Waals surface area contributed by atoms with Gasteiger partial charge in [-0.15, -0.1) is 0 Å². The first-order valence-corrected chi connectivity index (χ1v) is 12.6. The van der Waals surface area contributed by atoms with Crippen LogP contribution in [0, 0.1) is 11.8 Å². The van der Waals surface area contributed by atoms with Crippen LogP contribution in [0.4, 0.5) is 5.69 Å². The molecule has 35 heavy (non-hydrogen) atoms. The summed E-state index contributed by atoms with van der Waals surface area (Å²) in [5.41, 5.74) is 12.9. The lowest BCUT2D eigenvalue weighted by Gasteiger charge is -2.27. The Morgan fingerprint density at radius 2 is 1.74 bits per heavy atom. The van der Waals surface area contributed by atoms with Crippen LogP contribution < -0.4 is 16.8 Å². The van der Waals surface area contributed by atoms with Crippen LogP contribution >= 0.6 is 0 Å². The minimum Gasteiger partial charge on any atom is -0.399 e. The molecular formula is C26H39N5O4. The first-order chi connectivity index (χ1) is 16.6. The summed E-state index contributed by atoms with van der Waals surface area (Å²) in [5.74, 6) is -0.0542. The van der Waals surface area contributed by atoms with Crippen LogP contribution in [-0.2, 0) is 14.4 Å². The molecule has 4 atom stereocenters. The second kappa shape index (κ2) is 11.7. The number of hydrogen-bond donors (Lipinski definition) is 3. The van der Waals surface area contributed by atoms with Crippen molar-refractivity contribution in [2.45, 2.75) is 71.0 Å². The highest BCUT2D eigenvalue weighted by Crippen LogP contribution is 2.31. The topological polar surface area (TPSA) is 139 Å². The molecule has 2 aliphatic heterocycles. The van der Waals surface area contributed by atoms with Crippen molar-refractivity contribution in [3.8, 4) is 0 Å². The Bertz CT molecular complexity index is 932. The number of fused-ring (bicyclic) bond motifs is 1. The van der Waals surface area contributed by atoms with Crippen LogP contribution in [0.2, 0.25) is 0 Å². The summed E-state index contributed by atoms with van der Waals surface area (Å²) in [6, 6.07) is 5.24. The zero-order valence-corrected chi connectivity index (χ0v) is 21.0. The van der Waals surface area contributed by atoms with Crippen LogP contribution in [-0.4, -0.2) is 71.1 Å². The second-order valence-corrected chi connectivity index (χ2v) is 10.4. The Hall–Kier alpha value is -2.94. The minimum absolute atomic E-state index is 0.0278. The maximum absolute atomic E-state index is 13.0. The molecule has 2 saturated heterocycles. The molecule has 192 valence electrons. The van der Waals surface area contributed by atoms with Crippen molar-refractivity contribution < 1.29 is 19.2 Å². The van der Waals surface area contributed by atoms with Crippen molar-refractivity contribution in [1.29, 1.82) is 0 Å². The maximum Gasteiger partial charge on any atom is 0.251 e. The van der Waals surface area contributed by atoms with Gasteiger partial charge in [0, 0.05) is 30.8 Å². The zero-order chi connectivity index (χ0) is 25.7. The fraction of sp³-hybridized carbons (Fsp3) is 0.615. The van der Waals surface area contributed by atoms with Crippen LogP contribution in [0.25, 0.3) is 0 Å². The number of carbonyl (C=O) groups is 4. The molecule has 2 heterocycles. The van der Waals surface area contributed by atoms with E-state index in [1.165, 1.54) is 0 Å². The zero-order valence-electron chi connectivity index (χ0n) is 21.0. The van der Waals surface area contributed by atoms with Gasteiger partial charge in [0.25, 0.3) is 5.91 Å². The van der Waals surface area contributed by atoms with E-state index in [4.69, 9.17) is 11.5 Å². The van der Waals surface area contributed by atoms with Gasteiger partial charge in [-0.05, 0) is 61.8 Å². The number of hydrogen-bond acceptors (Lipinski definition) is 6. The molecule has 4 unspecified atom stereocenters. The minimum atomic E-state index is -0.614. The summed E-state index contributed by atoms with van der Waals surface area (Å²) in [6.45, 7) is 7.06. The van der Waals surface area contributed by atoms with Gasteiger partial charge in [-0.1, -0.05) is 20.8 Å². The highest BCUT2D eigenvalue weighted by Gasteiger charge is 2.51. The lowest BCUT2D eigenvalue weighted by molar-refractivity contribution is -0.137. The van der Waals surface area contributed by atoms with E-state index in [9.17, 15) is 19.2 Å². The van der Waals surface area contributed by atoms with Crippen molar-refractivity contribution in [2.24, 2.45) is 17.6 Å². The van der Waals surface area contributed by atoms with E-state index in [1.807, 2.05) is 6.92 Å². The Morgan fingerprint density at radius 3 is 2.40 bits per heavy atom. The summed E-state index contributed by atoms with van der Waals surface area (Å²) >= 11 is 0. The highest BCUT2D eigenvalue weighted by atomic mass is 16.2. The van der Waals surface area contributed by atoms with Crippen LogP contribution in [0.15, 0.2) is 24.3 Å². The Labute approximate surface area is 207 Å². The van der Waals surface area contributed by atoms with E-state index in [-0.39, 0.29) is 48.4 Å². The summed E-state index contributed by atoms with van der Waals surface area (Å²) in [6.07, 6.45) is 2.96. The quantitative estimate of drug-likeness (QED) is 0.430. The maximum atomic E-state index is 13.0. The normalized spacial score (nSPS) is 21.2. The lowest BCUT2D eigenvalue weighted by Crippen LogP contribution is -2.48. The predicted octanol–water partition coefficient (Wildman–Crippen LogP) is 1.56. The number of likely N-dealkylation sites (tertiary alicyclic amines) is 2. The van der Waals surface area contributed by atoms with E-state index < -0.39 is 12.1 Å². The molecular weight excluding hydrogens is 446 g/mol. The van der Waals surface area contributed by atoms with Crippen LogP contribution in [0.5, 0.6) is 0 Å². The van der Waals surface area contributed by atoms with Gasteiger partial charge in [0.05, 0.1) is 18.6 Å². The average molecular weight is 486 g/mol. The van der Waals surface area contributed by atoms with Gasteiger partial charge >= 0.3 is 0 Å². The number of carbonyl (C=O) groups excluding carboxylic acids is 4. The van der Waals surface area contributed by atoms with E-state index >= 15 is 0 Å². The number of rotatable bonds is 10. The van der Waals surface area contributed by atoms with Gasteiger partial charge < -0.3 is 26.6 Å². The molecule has 0 aliphatic carbocycles. The molecule has 2 aliphatic rings. The van der Waals surface area contributed by atoms with Crippen LogP contribution in [0.1, 0.15) is 63.2 Å². The smallest absolute Gasteiger partial charge is 0.251 e. The van der Waals surface area contributed by atoms with E-state index in [0.717, 1.165) is 6.42 Å². The largest absolute Gasteiger partial charge is 0.399 e. The molecule has 0 radical (unpaired) electrons. The van der Waals surface area contributed by atoms with E-state index in [0.29, 0.717) is 49.5 Å². The first-order valence-electron chi connectivity index (χ1n) is 12.6. The molecule has 0 saturated carbocycles. The molecule has 2 fully saturated rings. The molecule has 9 nitrogen and oxygen atoms in total. The van der Waals surface area contributed by atoms with Gasteiger partial charge in [-0.2, -0.15) is 0 Å². The van der Waals surface area contributed by atoms with Gasteiger partial charge in [-0.25, -0.2) is 0 Å². The number of anilines is 1. The van der Waals surface area contributed by atoms with Gasteiger partial charge in [-0.3, -0.25) is 19.2 Å². The summed E-state index contributed by atoms with van der Waals surface area (Å²) in [5, 5.41) is 2.87. The van der Waals surface area contributed by atoms with Gasteiger partial charge in [0.1, 0.15) is 6.04 Å². The number of Topliss-reactive ketones (excluding diaryl/α,β-unsaturated/α-hetero) is 1. The monoisotopic (exact) mass is 485 g/mol. The van der Waals surface area contributed by atoms with Crippen molar-refractivity contribution in [3.63, 3.8) is 0 Å². The summed E-state index contributed by atoms with van der Waals surface area (Å²) in [4.78, 5) is 54.2.